The fraction of sp³-hybridized carbons (Fsp3) is 0.846. The number of rotatable bonds is 6. The van der Waals surface area contributed by atoms with E-state index in [0.29, 0.717) is 24.9 Å². The molecule has 1 aliphatic rings. The molecule has 1 aliphatic carbocycles. The van der Waals surface area contributed by atoms with Gasteiger partial charge in [0.05, 0.1) is 12.2 Å². The smallest absolute Gasteiger partial charge is 0.221 e. The zero-order valence-electron chi connectivity index (χ0n) is 11.0. The van der Waals surface area contributed by atoms with Crippen LogP contribution >= 0.6 is 0 Å². The highest BCUT2D eigenvalue weighted by Gasteiger charge is 2.32. The van der Waals surface area contributed by atoms with E-state index < -0.39 is 5.54 Å². The van der Waals surface area contributed by atoms with Crippen LogP contribution in [-0.4, -0.2) is 24.2 Å². The average Bonchev–Trinajstić information content (AvgIpc) is 2.26. The first kappa shape index (κ1) is 14.0. The molecular weight excluding hydrogens is 216 g/mol. The second kappa shape index (κ2) is 6.02. The van der Waals surface area contributed by atoms with Crippen LogP contribution in [-0.2, 0) is 9.53 Å². The van der Waals surface area contributed by atoms with Crippen LogP contribution < -0.4 is 5.32 Å². The van der Waals surface area contributed by atoms with Gasteiger partial charge in [-0.3, -0.25) is 4.79 Å². The summed E-state index contributed by atoms with van der Waals surface area (Å²) in [6.07, 6.45) is 3.42. The highest BCUT2D eigenvalue weighted by molar-refractivity contribution is 5.77. The van der Waals surface area contributed by atoms with Crippen molar-refractivity contribution in [2.45, 2.75) is 58.1 Å². The average molecular weight is 238 g/mol. The molecule has 1 N–H and O–H groups in total. The van der Waals surface area contributed by atoms with Gasteiger partial charge in [0.25, 0.3) is 0 Å². The standard InChI is InChI=1S/C13H22N2O2/c1-4-13(3,9-14)15-12(16)8-10-6-11(7-10)17-5-2/h10-11H,4-8H2,1-3H3,(H,15,16). The van der Waals surface area contributed by atoms with Crippen molar-refractivity contribution in [1.82, 2.24) is 5.32 Å². The van der Waals surface area contributed by atoms with E-state index in [0.717, 1.165) is 19.4 Å². The SMILES string of the molecule is CCOC1CC(CC(=O)NC(C)(C#N)CC)C1. The maximum atomic E-state index is 11.7. The fourth-order valence-corrected chi connectivity index (χ4v) is 2.03. The molecular formula is C13H22N2O2. The van der Waals surface area contributed by atoms with Crippen LogP contribution in [0.2, 0.25) is 0 Å². The van der Waals surface area contributed by atoms with E-state index in [2.05, 4.69) is 11.4 Å². The predicted molar refractivity (Wildman–Crippen MR) is 65.2 cm³/mol. The summed E-state index contributed by atoms with van der Waals surface area (Å²) >= 11 is 0. The lowest BCUT2D eigenvalue weighted by atomic mass is 9.79. The van der Waals surface area contributed by atoms with Crippen LogP contribution in [0, 0.1) is 17.2 Å². The molecule has 0 bridgehead atoms. The Morgan fingerprint density at radius 3 is 2.65 bits per heavy atom. The van der Waals surface area contributed by atoms with E-state index in [4.69, 9.17) is 10.00 Å². The van der Waals surface area contributed by atoms with Crippen molar-refractivity contribution in [1.29, 1.82) is 5.26 Å². The van der Waals surface area contributed by atoms with Crippen molar-refractivity contribution in [2.24, 2.45) is 5.92 Å². The van der Waals surface area contributed by atoms with E-state index in [1.165, 1.54) is 0 Å². The molecule has 1 rings (SSSR count). The molecule has 0 spiro atoms. The number of nitrogens with one attached hydrogen (secondary N) is 1. The third-order valence-corrected chi connectivity index (χ3v) is 3.44. The number of nitrogens with zero attached hydrogens (tertiary/aromatic N) is 1. The predicted octanol–water partition coefficient (Wildman–Crippen LogP) is 2.00. The topological polar surface area (TPSA) is 62.1 Å². The Labute approximate surface area is 103 Å². The Hall–Kier alpha value is -1.08. The molecule has 1 saturated carbocycles. The van der Waals surface area contributed by atoms with E-state index in [1.807, 2.05) is 13.8 Å². The lowest BCUT2D eigenvalue weighted by molar-refractivity contribution is -0.125. The molecule has 17 heavy (non-hydrogen) atoms. The van der Waals surface area contributed by atoms with Crippen molar-refractivity contribution in [3.63, 3.8) is 0 Å². The second-order valence-corrected chi connectivity index (χ2v) is 4.96. The minimum absolute atomic E-state index is 0.0177. The van der Waals surface area contributed by atoms with Crippen molar-refractivity contribution in [3.8, 4) is 6.07 Å². The van der Waals surface area contributed by atoms with Gasteiger partial charge in [-0.2, -0.15) is 5.26 Å². The largest absolute Gasteiger partial charge is 0.378 e. The molecule has 0 saturated heterocycles. The van der Waals surface area contributed by atoms with Crippen LogP contribution in [0.5, 0.6) is 0 Å². The number of carbonyl (C=O) groups is 1. The van der Waals surface area contributed by atoms with Crippen LogP contribution in [0.3, 0.4) is 0 Å². The Kier molecular flexibility index (Phi) is 4.95. The van der Waals surface area contributed by atoms with E-state index >= 15 is 0 Å². The number of ether oxygens (including phenoxy) is 1. The van der Waals surface area contributed by atoms with E-state index in [9.17, 15) is 4.79 Å². The number of nitriles is 1. The monoisotopic (exact) mass is 238 g/mol. The lowest BCUT2D eigenvalue weighted by Crippen LogP contribution is -2.46. The molecule has 1 amide bonds. The molecule has 0 radical (unpaired) electrons. The van der Waals surface area contributed by atoms with Crippen LogP contribution in [0.4, 0.5) is 0 Å². The number of carbonyl (C=O) groups excluding carboxylic acids is 1. The van der Waals surface area contributed by atoms with Gasteiger partial charge in [-0.15, -0.1) is 0 Å². The molecule has 0 aromatic rings. The van der Waals surface area contributed by atoms with Gasteiger partial charge in [0.1, 0.15) is 5.54 Å². The second-order valence-electron chi connectivity index (χ2n) is 4.96. The highest BCUT2D eigenvalue weighted by Crippen LogP contribution is 2.32. The van der Waals surface area contributed by atoms with Crippen molar-refractivity contribution >= 4 is 5.91 Å². The maximum Gasteiger partial charge on any atom is 0.221 e. The molecule has 4 heteroatoms. The van der Waals surface area contributed by atoms with E-state index in [1.54, 1.807) is 6.92 Å². The number of hydrogen-bond donors (Lipinski definition) is 1. The molecule has 0 aromatic heterocycles. The summed E-state index contributed by atoms with van der Waals surface area (Å²) in [5.74, 6) is 0.405. The first-order valence-electron chi connectivity index (χ1n) is 6.36. The van der Waals surface area contributed by atoms with Gasteiger partial charge in [-0.05, 0) is 39.0 Å². The molecule has 1 unspecified atom stereocenters. The zero-order valence-corrected chi connectivity index (χ0v) is 11.0. The third-order valence-electron chi connectivity index (χ3n) is 3.44. The Bertz CT molecular complexity index is 305. The summed E-state index contributed by atoms with van der Waals surface area (Å²) in [7, 11) is 0. The van der Waals surface area contributed by atoms with Gasteiger partial charge >= 0.3 is 0 Å². The van der Waals surface area contributed by atoms with Gasteiger partial charge in [-0.25, -0.2) is 0 Å². The normalized spacial score (nSPS) is 26.5. The molecule has 1 atom stereocenters. The van der Waals surface area contributed by atoms with Gasteiger partial charge in [-0.1, -0.05) is 6.92 Å². The van der Waals surface area contributed by atoms with Crippen LogP contribution in [0.1, 0.15) is 46.5 Å². The molecule has 0 aliphatic heterocycles. The highest BCUT2D eigenvalue weighted by atomic mass is 16.5. The summed E-state index contributed by atoms with van der Waals surface area (Å²) in [5.41, 5.74) is -0.722. The third kappa shape index (κ3) is 4.01. The maximum absolute atomic E-state index is 11.7. The van der Waals surface area contributed by atoms with Gasteiger partial charge < -0.3 is 10.1 Å². The summed E-state index contributed by atoms with van der Waals surface area (Å²) in [5, 5.41) is 11.8. The van der Waals surface area contributed by atoms with Gasteiger partial charge in [0, 0.05) is 13.0 Å². The Balaban J connectivity index is 2.26. The Morgan fingerprint density at radius 2 is 2.18 bits per heavy atom. The van der Waals surface area contributed by atoms with Crippen LogP contribution in [0.25, 0.3) is 0 Å². The minimum Gasteiger partial charge on any atom is -0.378 e. The summed E-state index contributed by atoms with van der Waals surface area (Å²) in [6, 6.07) is 2.14. The van der Waals surface area contributed by atoms with Crippen molar-refractivity contribution in [3.05, 3.63) is 0 Å². The Morgan fingerprint density at radius 1 is 1.53 bits per heavy atom. The molecule has 1 fully saturated rings. The molecule has 96 valence electrons. The van der Waals surface area contributed by atoms with E-state index in [-0.39, 0.29) is 5.91 Å². The fourth-order valence-electron chi connectivity index (χ4n) is 2.03. The van der Waals surface area contributed by atoms with Crippen LogP contribution in [0.15, 0.2) is 0 Å². The summed E-state index contributed by atoms with van der Waals surface area (Å²) < 4.78 is 5.45. The first-order valence-corrected chi connectivity index (χ1v) is 6.36. The zero-order chi connectivity index (χ0) is 12.9. The molecule has 0 aromatic carbocycles. The first-order chi connectivity index (χ1) is 8.03. The minimum atomic E-state index is -0.722. The van der Waals surface area contributed by atoms with Crippen molar-refractivity contribution in [2.75, 3.05) is 6.61 Å². The lowest BCUT2D eigenvalue weighted by Gasteiger charge is -2.35. The van der Waals surface area contributed by atoms with Crippen molar-refractivity contribution < 1.29 is 9.53 Å². The quantitative estimate of drug-likeness (QED) is 0.769. The number of amides is 1. The molecule has 0 heterocycles. The summed E-state index contributed by atoms with van der Waals surface area (Å²) in [6.45, 7) is 6.39. The van der Waals surface area contributed by atoms with Gasteiger partial charge in [0.15, 0.2) is 0 Å². The summed E-state index contributed by atoms with van der Waals surface area (Å²) in [4.78, 5) is 11.7. The molecule has 4 nitrogen and oxygen atoms in total. The van der Waals surface area contributed by atoms with Gasteiger partial charge in [0.2, 0.25) is 5.91 Å². The number of hydrogen-bond acceptors (Lipinski definition) is 3.